The van der Waals surface area contributed by atoms with Gasteiger partial charge < -0.3 is 10.1 Å². The minimum atomic E-state index is -0.319. The lowest BCUT2D eigenvalue weighted by Crippen LogP contribution is -2.41. The van der Waals surface area contributed by atoms with Crippen LogP contribution in [0, 0.1) is 11.8 Å². The predicted molar refractivity (Wildman–Crippen MR) is 118 cm³/mol. The summed E-state index contributed by atoms with van der Waals surface area (Å²) in [6.07, 6.45) is 6.34. The van der Waals surface area contributed by atoms with E-state index in [1.54, 1.807) is 56.9 Å². The fourth-order valence-electron chi connectivity index (χ4n) is 4.33. The highest BCUT2D eigenvalue weighted by Crippen LogP contribution is 2.30. The van der Waals surface area contributed by atoms with Gasteiger partial charge in [-0.05, 0) is 61.9 Å². The number of aryl methyl sites for hydroxylation is 1. The summed E-state index contributed by atoms with van der Waals surface area (Å²) in [6, 6.07) is 8.67. The molecule has 0 radical (unpaired) electrons. The Bertz CT molecular complexity index is 1210. The summed E-state index contributed by atoms with van der Waals surface area (Å²) >= 11 is 0. The first-order chi connectivity index (χ1) is 15.0. The Morgan fingerprint density at radius 2 is 1.84 bits per heavy atom. The number of anilines is 1. The molecule has 4 rings (SSSR count). The molecule has 1 fully saturated rings. The number of hydrogen-bond acceptors (Lipinski definition) is 5. The van der Waals surface area contributed by atoms with Crippen molar-refractivity contribution < 1.29 is 9.53 Å². The van der Waals surface area contributed by atoms with Crippen molar-refractivity contribution in [1.82, 2.24) is 14.1 Å². The zero-order valence-electron chi connectivity index (χ0n) is 17.7. The first-order valence-electron chi connectivity index (χ1n) is 10.5. The van der Waals surface area contributed by atoms with Gasteiger partial charge in [0.15, 0.2) is 0 Å². The van der Waals surface area contributed by atoms with Crippen molar-refractivity contribution in [2.75, 3.05) is 12.4 Å². The van der Waals surface area contributed by atoms with Crippen LogP contribution in [0.3, 0.4) is 0 Å². The maximum Gasteiger partial charge on any atom is 0.331 e. The number of nitrogens with zero attached hydrogens (tertiary/aromatic N) is 3. The molecule has 0 atom stereocenters. The molecule has 1 aliphatic rings. The summed E-state index contributed by atoms with van der Waals surface area (Å²) in [7, 11) is 3.22. The molecular formula is C23H26N4O4. The SMILES string of the molecule is COc1ccc2c(c1)c(=O)n(C[C@H]1CC[C@H](C(=O)Nc3ccncc3)CC1)c(=O)n2C. The number of fused-ring (bicyclic) bond motifs is 1. The van der Waals surface area contributed by atoms with Crippen molar-refractivity contribution in [2.24, 2.45) is 18.9 Å². The monoisotopic (exact) mass is 422 g/mol. The number of rotatable bonds is 5. The van der Waals surface area contributed by atoms with Gasteiger partial charge in [0, 0.05) is 37.6 Å². The fourth-order valence-corrected chi connectivity index (χ4v) is 4.33. The molecule has 8 nitrogen and oxygen atoms in total. The molecule has 8 heteroatoms. The van der Waals surface area contributed by atoms with Gasteiger partial charge in [-0.3, -0.25) is 23.7 Å². The molecule has 2 aromatic heterocycles. The Morgan fingerprint density at radius 1 is 1.13 bits per heavy atom. The van der Waals surface area contributed by atoms with Crippen LogP contribution in [0.25, 0.3) is 10.9 Å². The van der Waals surface area contributed by atoms with Crippen molar-refractivity contribution in [3.63, 3.8) is 0 Å². The van der Waals surface area contributed by atoms with Crippen molar-refractivity contribution in [1.29, 1.82) is 0 Å². The van der Waals surface area contributed by atoms with E-state index in [1.807, 2.05) is 0 Å². The average molecular weight is 422 g/mol. The Hall–Kier alpha value is -3.42. The zero-order valence-corrected chi connectivity index (χ0v) is 17.7. The number of nitrogens with one attached hydrogen (secondary N) is 1. The highest BCUT2D eigenvalue weighted by atomic mass is 16.5. The van der Waals surface area contributed by atoms with Gasteiger partial charge in [-0.25, -0.2) is 4.79 Å². The number of methoxy groups -OCH3 is 1. The largest absolute Gasteiger partial charge is 0.497 e. The van der Waals surface area contributed by atoms with Gasteiger partial charge in [-0.15, -0.1) is 0 Å². The molecule has 1 aliphatic carbocycles. The van der Waals surface area contributed by atoms with Gasteiger partial charge in [-0.1, -0.05) is 0 Å². The van der Waals surface area contributed by atoms with Crippen LogP contribution >= 0.6 is 0 Å². The Labute approximate surface area is 179 Å². The molecule has 3 aromatic rings. The predicted octanol–water partition coefficient (Wildman–Crippen LogP) is 2.55. The third kappa shape index (κ3) is 4.23. The summed E-state index contributed by atoms with van der Waals surface area (Å²) in [6.45, 7) is 0.358. The molecule has 0 spiro atoms. The number of pyridine rings is 1. The molecule has 0 unspecified atom stereocenters. The number of carbonyl (C=O) groups excluding carboxylic acids is 1. The summed E-state index contributed by atoms with van der Waals surface area (Å²) in [5.41, 5.74) is 0.710. The second kappa shape index (κ2) is 8.75. The van der Waals surface area contributed by atoms with Crippen LogP contribution in [0.1, 0.15) is 25.7 Å². The Kier molecular flexibility index (Phi) is 5.88. The Morgan fingerprint density at radius 3 is 2.52 bits per heavy atom. The summed E-state index contributed by atoms with van der Waals surface area (Å²) < 4.78 is 8.06. The van der Waals surface area contributed by atoms with Crippen LogP contribution in [-0.4, -0.2) is 27.1 Å². The second-order valence-electron chi connectivity index (χ2n) is 8.08. The fraction of sp³-hybridized carbons (Fsp3) is 0.391. The standard InChI is InChI=1S/C23H26N4O4/c1-26-20-8-7-18(31-2)13-19(20)22(29)27(23(26)30)14-15-3-5-16(6-4-15)21(28)25-17-9-11-24-12-10-17/h7-13,15-16H,3-6,14H2,1-2H3,(H,24,25,28)/t15-,16-. The molecule has 1 saturated carbocycles. The minimum Gasteiger partial charge on any atom is -0.497 e. The zero-order chi connectivity index (χ0) is 22.0. The van der Waals surface area contributed by atoms with Crippen LogP contribution < -0.4 is 21.3 Å². The van der Waals surface area contributed by atoms with Crippen molar-refractivity contribution in [2.45, 2.75) is 32.2 Å². The lowest BCUT2D eigenvalue weighted by Gasteiger charge is -2.28. The molecule has 1 N–H and O–H groups in total. The average Bonchev–Trinajstić information content (AvgIpc) is 2.81. The van der Waals surface area contributed by atoms with Gasteiger partial charge in [0.25, 0.3) is 5.56 Å². The second-order valence-corrected chi connectivity index (χ2v) is 8.08. The molecule has 0 bridgehead atoms. The number of benzene rings is 1. The van der Waals surface area contributed by atoms with Gasteiger partial charge >= 0.3 is 5.69 Å². The number of aromatic nitrogens is 3. The Balaban J connectivity index is 1.48. The van der Waals surface area contributed by atoms with Gasteiger partial charge in [0.05, 0.1) is 18.0 Å². The van der Waals surface area contributed by atoms with Crippen LogP contribution in [0.4, 0.5) is 5.69 Å². The minimum absolute atomic E-state index is 0.00975. The maximum absolute atomic E-state index is 13.0. The van der Waals surface area contributed by atoms with E-state index >= 15 is 0 Å². The number of hydrogen-bond donors (Lipinski definition) is 1. The van der Waals surface area contributed by atoms with E-state index in [4.69, 9.17) is 4.74 Å². The van der Waals surface area contributed by atoms with Gasteiger partial charge in [-0.2, -0.15) is 0 Å². The lowest BCUT2D eigenvalue weighted by atomic mass is 9.81. The van der Waals surface area contributed by atoms with E-state index in [-0.39, 0.29) is 29.0 Å². The molecule has 31 heavy (non-hydrogen) atoms. The summed E-state index contributed by atoms with van der Waals surface area (Å²) in [4.78, 5) is 42.4. The highest BCUT2D eigenvalue weighted by molar-refractivity contribution is 5.92. The molecule has 0 aliphatic heterocycles. The maximum atomic E-state index is 13.0. The number of amides is 1. The molecular weight excluding hydrogens is 396 g/mol. The topological polar surface area (TPSA) is 95.2 Å². The van der Waals surface area contributed by atoms with Crippen molar-refractivity contribution in [3.05, 3.63) is 63.6 Å². The first kappa shape index (κ1) is 20.8. The van der Waals surface area contributed by atoms with E-state index in [0.717, 1.165) is 31.4 Å². The van der Waals surface area contributed by atoms with E-state index in [0.29, 0.717) is 23.2 Å². The highest BCUT2D eigenvalue weighted by Gasteiger charge is 2.27. The molecule has 162 valence electrons. The van der Waals surface area contributed by atoms with Gasteiger partial charge in [0.1, 0.15) is 5.75 Å². The first-order valence-corrected chi connectivity index (χ1v) is 10.5. The van der Waals surface area contributed by atoms with E-state index in [2.05, 4.69) is 10.3 Å². The third-order valence-corrected chi connectivity index (χ3v) is 6.16. The van der Waals surface area contributed by atoms with Crippen LogP contribution in [-0.2, 0) is 18.4 Å². The smallest absolute Gasteiger partial charge is 0.331 e. The van der Waals surface area contributed by atoms with E-state index in [9.17, 15) is 14.4 Å². The number of ether oxygens (including phenoxy) is 1. The quantitative estimate of drug-likeness (QED) is 0.682. The van der Waals surface area contributed by atoms with E-state index in [1.165, 1.54) is 9.13 Å². The molecule has 1 aromatic carbocycles. The summed E-state index contributed by atoms with van der Waals surface area (Å²) in [5.74, 6) is 0.703. The normalized spacial score (nSPS) is 18.6. The molecule has 0 saturated heterocycles. The lowest BCUT2D eigenvalue weighted by molar-refractivity contribution is -0.121. The van der Waals surface area contributed by atoms with E-state index < -0.39 is 0 Å². The molecule has 2 heterocycles. The van der Waals surface area contributed by atoms with Crippen molar-refractivity contribution >= 4 is 22.5 Å². The third-order valence-electron chi connectivity index (χ3n) is 6.16. The van der Waals surface area contributed by atoms with Gasteiger partial charge in [0.2, 0.25) is 5.91 Å². The molecule has 1 amide bonds. The van der Waals surface area contributed by atoms with Crippen LogP contribution in [0.5, 0.6) is 5.75 Å². The summed E-state index contributed by atoms with van der Waals surface area (Å²) in [5, 5.41) is 3.40. The van der Waals surface area contributed by atoms with Crippen LogP contribution in [0.2, 0.25) is 0 Å². The van der Waals surface area contributed by atoms with Crippen molar-refractivity contribution in [3.8, 4) is 5.75 Å². The number of carbonyl (C=O) groups is 1. The van der Waals surface area contributed by atoms with Crippen LogP contribution in [0.15, 0.2) is 52.3 Å².